The quantitative estimate of drug-likeness (QED) is 0.635. The van der Waals surface area contributed by atoms with Gasteiger partial charge in [0.1, 0.15) is 6.54 Å². The minimum Gasteiger partial charge on any atom is -0.285 e. The van der Waals surface area contributed by atoms with Crippen LogP contribution in [-0.4, -0.2) is 21.6 Å². The fourth-order valence-electron chi connectivity index (χ4n) is 2.65. The van der Waals surface area contributed by atoms with Gasteiger partial charge in [0.2, 0.25) is 0 Å². The topological polar surface area (TPSA) is 34.9 Å². The van der Waals surface area contributed by atoms with Crippen molar-refractivity contribution < 1.29 is 22.0 Å². The maximum Gasteiger partial charge on any atom is 0.455 e. The van der Waals surface area contributed by atoms with Crippen LogP contribution in [0.1, 0.15) is 5.56 Å². The van der Waals surface area contributed by atoms with Crippen LogP contribution in [0.4, 0.5) is 22.0 Å². The van der Waals surface area contributed by atoms with Gasteiger partial charge in [-0.15, -0.1) is 0 Å². The van der Waals surface area contributed by atoms with Crippen LogP contribution in [-0.2, 0) is 6.54 Å². The zero-order valence-electron chi connectivity index (χ0n) is 13.5. The predicted octanol–water partition coefficient (Wildman–Crippen LogP) is 4.57. The number of aryl methyl sites for hydroxylation is 1. The van der Waals surface area contributed by atoms with E-state index in [0.29, 0.717) is 15.5 Å². The van der Waals surface area contributed by atoms with E-state index in [0.717, 1.165) is 5.56 Å². The Labute approximate surface area is 144 Å². The summed E-state index contributed by atoms with van der Waals surface area (Å²) in [5.74, 6) is -5.05. The molecular weight excluding hydrogens is 355 g/mol. The first-order valence-corrected chi connectivity index (χ1v) is 7.61. The Morgan fingerprint density at radius 1 is 1.00 bits per heavy atom. The van der Waals surface area contributed by atoms with Gasteiger partial charge >= 0.3 is 17.8 Å². The molecule has 0 radical (unpaired) electrons. The lowest BCUT2D eigenvalue weighted by Crippen LogP contribution is -2.43. The van der Waals surface area contributed by atoms with Gasteiger partial charge < -0.3 is 0 Å². The zero-order chi connectivity index (χ0) is 19.1. The summed E-state index contributed by atoms with van der Waals surface area (Å²) in [5, 5.41) is 0.328. The molecule has 3 nitrogen and oxygen atoms in total. The van der Waals surface area contributed by atoms with E-state index in [1.54, 1.807) is 49.4 Å². The van der Waals surface area contributed by atoms with Crippen molar-refractivity contribution in [2.75, 3.05) is 0 Å². The van der Waals surface area contributed by atoms with Crippen LogP contribution in [0, 0.1) is 6.92 Å². The van der Waals surface area contributed by atoms with E-state index in [9.17, 15) is 26.7 Å². The molecule has 0 saturated heterocycles. The summed E-state index contributed by atoms with van der Waals surface area (Å²) in [6.07, 6.45) is -5.76. The van der Waals surface area contributed by atoms with Crippen molar-refractivity contribution in [1.29, 1.82) is 0 Å². The molecule has 1 heterocycles. The molecule has 3 rings (SSSR count). The second-order valence-electron chi connectivity index (χ2n) is 5.92. The highest BCUT2D eigenvalue weighted by molar-refractivity contribution is 5.92. The standard InChI is InChI=1S/C18H13F5N2O/c1-11-7-8-14-13(9-11)15(12-5-3-2-4-6-12)24-16(26)25(14)10-17(19,20)18(21,22)23/h2-9H,10H2,1H3. The number of hydrogen-bond acceptors (Lipinski definition) is 2. The first-order chi connectivity index (χ1) is 12.1. The lowest BCUT2D eigenvalue weighted by molar-refractivity contribution is -0.286. The molecule has 0 saturated carbocycles. The second kappa shape index (κ2) is 6.19. The fraction of sp³-hybridized carbons (Fsp3) is 0.222. The number of alkyl halides is 5. The van der Waals surface area contributed by atoms with E-state index >= 15 is 0 Å². The highest BCUT2D eigenvalue weighted by Crippen LogP contribution is 2.37. The summed E-state index contributed by atoms with van der Waals surface area (Å²) in [4.78, 5) is 16.1. The van der Waals surface area contributed by atoms with Crippen LogP contribution in [0.5, 0.6) is 0 Å². The number of rotatable bonds is 3. The highest BCUT2D eigenvalue weighted by atomic mass is 19.4. The lowest BCUT2D eigenvalue weighted by Gasteiger charge is -2.22. The summed E-state index contributed by atoms with van der Waals surface area (Å²) >= 11 is 0. The summed E-state index contributed by atoms with van der Waals surface area (Å²) in [6.45, 7) is -0.0784. The minimum atomic E-state index is -5.76. The van der Waals surface area contributed by atoms with Crippen molar-refractivity contribution in [3.05, 3.63) is 64.6 Å². The molecule has 136 valence electrons. The molecule has 0 unspecified atom stereocenters. The van der Waals surface area contributed by atoms with Crippen molar-refractivity contribution in [3.63, 3.8) is 0 Å². The average molecular weight is 368 g/mol. The van der Waals surface area contributed by atoms with Gasteiger partial charge in [-0.05, 0) is 19.1 Å². The molecule has 3 aromatic rings. The Morgan fingerprint density at radius 2 is 1.65 bits per heavy atom. The molecule has 0 amide bonds. The summed E-state index contributed by atoms with van der Waals surface area (Å²) < 4.78 is 65.1. The largest absolute Gasteiger partial charge is 0.455 e. The third kappa shape index (κ3) is 3.18. The fourth-order valence-corrected chi connectivity index (χ4v) is 2.65. The molecule has 1 aromatic heterocycles. The molecule has 0 fully saturated rings. The van der Waals surface area contributed by atoms with Gasteiger partial charge in [-0.1, -0.05) is 42.0 Å². The van der Waals surface area contributed by atoms with Crippen LogP contribution in [0.3, 0.4) is 0 Å². The Hall–Kier alpha value is -2.77. The number of halogens is 5. The highest BCUT2D eigenvalue weighted by Gasteiger charge is 2.57. The number of benzene rings is 2. The van der Waals surface area contributed by atoms with Gasteiger partial charge in [0.25, 0.3) is 0 Å². The molecule has 0 bridgehead atoms. The van der Waals surface area contributed by atoms with Crippen molar-refractivity contribution in [2.24, 2.45) is 0 Å². The average Bonchev–Trinajstić information content (AvgIpc) is 2.57. The predicted molar refractivity (Wildman–Crippen MR) is 87.2 cm³/mol. The van der Waals surface area contributed by atoms with Crippen molar-refractivity contribution in [2.45, 2.75) is 25.6 Å². The van der Waals surface area contributed by atoms with Crippen LogP contribution in [0.25, 0.3) is 22.2 Å². The van der Waals surface area contributed by atoms with Crippen molar-refractivity contribution in [1.82, 2.24) is 9.55 Å². The smallest absolute Gasteiger partial charge is 0.285 e. The van der Waals surface area contributed by atoms with Crippen LogP contribution in [0.2, 0.25) is 0 Å². The van der Waals surface area contributed by atoms with Crippen LogP contribution < -0.4 is 5.69 Å². The molecule has 2 aromatic carbocycles. The third-order valence-electron chi connectivity index (χ3n) is 3.95. The molecule has 0 aliphatic rings. The lowest BCUT2D eigenvalue weighted by atomic mass is 10.0. The summed E-state index contributed by atoms with van der Waals surface area (Å²) in [5.41, 5.74) is 0.363. The van der Waals surface area contributed by atoms with E-state index in [-0.39, 0.29) is 11.2 Å². The molecule has 0 aliphatic carbocycles. The summed E-state index contributed by atoms with van der Waals surface area (Å²) in [7, 11) is 0. The molecule has 0 atom stereocenters. The molecule has 26 heavy (non-hydrogen) atoms. The molecule has 0 N–H and O–H groups in total. The Bertz CT molecular complexity index is 1010. The van der Waals surface area contributed by atoms with Crippen molar-refractivity contribution in [3.8, 4) is 11.3 Å². The van der Waals surface area contributed by atoms with E-state index in [2.05, 4.69) is 4.98 Å². The second-order valence-corrected chi connectivity index (χ2v) is 5.92. The van der Waals surface area contributed by atoms with Gasteiger partial charge in [-0.2, -0.15) is 26.9 Å². The third-order valence-corrected chi connectivity index (χ3v) is 3.95. The zero-order valence-corrected chi connectivity index (χ0v) is 13.5. The van der Waals surface area contributed by atoms with Crippen molar-refractivity contribution >= 4 is 10.9 Å². The minimum absolute atomic E-state index is 0.0293. The van der Waals surface area contributed by atoms with Gasteiger partial charge in [-0.25, -0.2) is 4.79 Å². The Balaban J connectivity index is 2.28. The van der Waals surface area contributed by atoms with Gasteiger partial charge in [-0.3, -0.25) is 4.57 Å². The van der Waals surface area contributed by atoms with E-state index in [1.807, 2.05) is 0 Å². The maximum atomic E-state index is 13.5. The first-order valence-electron chi connectivity index (χ1n) is 7.61. The molecule has 8 heteroatoms. The normalized spacial score (nSPS) is 12.5. The molecule has 0 spiro atoms. The number of aromatic nitrogens is 2. The first kappa shape index (κ1) is 18.0. The van der Waals surface area contributed by atoms with Gasteiger partial charge in [0, 0.05) is 10.9 Å². The van der Waals surface area contributed by atoms with Crippen LogP contribution >= 0.6 is 0 Å². The Morgan fingerprint density at radius 3 is 2.27 bits per heavy atom. The number of nitrogens with zero attached hydrogens (tertiary/aromatic N) is 2. The summed E-state index contributed by atoms with van der Waals surface area (Å²) in [6, 6.07) is 13.0. The molecular formula is C18H13F5N2O. The monoisotopic (exact) mass is 368 g/mol. The van der Waals surface area contributed by atoms with E-state index < -0.39 is 24.3 Å². The van der Waals surface area contributed by atoms with E-state index in [1.165, 1.54) is 6.07 Å². The maximum absolute atomic E-state index is 13.5. The van der Waals surface area contributed by atoms with Gasteiger partial charge in [0.15, 0.2) is 0 Å². The number of hydrogen-bond donors (Lipinski definition) is 0. The SMILES string of the molecule is Cc1ccc2c(c1)c(-c1ccccc1)nc(=O)n2CC(F)(F)C(F)(F)F. The Kier molecular flexibility index (Phi) is 4.29. The number of fused-ring (bicyclic) bond motifs is 1. The molecule has 0 aliphatic heterocycles. The van der Waals surface area contributed by atoms with Gasteiger partial charge in [0.05, 0.1) is 11.2 Å². The van der Waals surface area contributed by atoms with E-state index in [4.69, 9.17) is 0 Å². The van der Waals surface area contributed by atoms with Crippen LogP contribution in [0.15, 0.2) is 53.3 Å².